The highest BCUT2D eigenvalue weighted by molar-refractivity contribution is 6.31. The summed E-state index contributed by atoms with van der Waals surface area (Å²) in [6.07, 6.45) is 1.35. The summed E-state index contributed by atoms with van der Waals surface area (Å²) < 4.78 is 5.63. The second kappa shape index (κ2) is 7.42. The van der Waals surface area contributed by atoms with Gasteiger partial charge in [0.15, 0.2) is 0 Å². The molecule has 0 fully saturated rings. The Kier molecular flexibility index (Phi) is 5.07. The zero-order chi connectivity index (χ0) is 17.8. The molecule has 2 aromatic carbocycles. The van der Waals surface area contributed by atoms with Crippen LogP contribution in [0.15, 0.2) is 64.1 Å². The third kappa shape index (κ3) is 4.21. The molecule has 126 valence electrons. The topological polar surface area (TPSA) is 74.8 Å². The number of aromatic hydroxyl groups is 1. The Bertz CT molecular complexity index is 951. The molecule has 0 aliphatic carbocycles. The Morgan fingerprint density at radius 2 is 1.88 bits per heavy atom. The maximum Gasteiger partial charge on any atom is 0.275 e. The van der Waals surface area contributed by atoms with E-state index < -0.39 is 5.91 Å². The van der Waals surface area contributed by atoms with Crippen LogP contribution >= 0.6 is 23.2 Å². The second-order valence-corrected chi connectivity index (χ2v) is 5.95. The van der Waals surface area contributed by atoms with Crippen LogP contribution in [0, 0.1) is 0 Å². The van der Waals surface area contributed by atoms with E-state index in [-0.39, 0.29) is 11.3 Å². The van der Waals surface area contributed by atoms with Crippen molar-refractivity contribution in [1.29, 1.82) is 0 Å². The smallest absolute Gasteiger partial charge is 0.275 e. The maximum absolute atomic E-state index is 12.0. The van der Waals surface area contributed by atoms with Gasteiger partial charge in [0.25, 0.3) is 5.91 Å². The molecular weight excluding hydrogens is 363 g/mol. The zero-order valence-corrected chi connectivity index (χ0v) is 14.3. The Hall–Kier alpha value is -2.76. The number of carbonyl (C=O) groups is 1. The molecule has 7 heteroatoms. The Balaban J connectivity index is 1.69. The van der Waals surface area contributed by atoms with E-state index in [1.54, 1.807) is 24.3 Å². The van der Waals surface area contributed by atoms with Gasteiger partial charge in [-0.15, -0.1) is 0 Å². The van der Waals surface area contributed by atoms with E-state index in [4.69, 9.17) is 27.6 Å². The Morgan fingerprint density at radius 3 is 2.68 bits per heavy atom. The summed E-state index contributed by atoms with van der Waals surface area (Å²) in [5, 5.41) is 14.4. The van der Waals surface area contributed by atoms with Crippen LogP contribution in [0.25, 0.3) is 11.3 Å². The van der Waals surface area contributed by atoms with Crippen LogP contribution < -0.4 is 5.43 Å². The van der Waals surface area contributed by atoms with Crippen molar-refractivity contribution in [3.8, 4) is 17.1 Å². The van der Waals surface area contributed by atoms with E-state index in [2.05, 4.69) is 10.5 Å². The summed E-state index contributed by atoms with van der Waals surface area (Å²) in [6.45, 7) is 0. The van der Waals surface area contributed by atoms with Crippen LogP contribution in [0.2, 0.25) is 10.0 Å². The standard InChI is InChI=1S/C18H12Cl2N2O3/c19-12-3-1-2-11(8-12)17-7-5-14(25-17)10-21-22-18(24)15-9-13(20)4-6-16(15)23/h1-10,23H,(H,22,24)/b21-10-. The number of hydrogen-bond acceptors (Lipinski definition) is 4. The van der Waals surface area contributed by atoms with Crippen LogP contribution in [0.3, 0.4) is 0 Å². The van der Waals surface area contributed by atoms with Crippen molar-refractivity contribution in [3.63, 3.8) is 0 Å². The fourth-order valence-corrected chi connectivity index (χ4v) is 2.49. The molecule has 0 saturated heterocycles. The molecule has 0 atom stereocenters. The SMILES string of the molecule is O=C(N/N=C\c1ccc(-c2cccc(Cl)c2)o1)c1cc(Cl)ccc1O. The molecule has 0 unspecified atom stereocenters. The molecule has 3 rings (SSSR count). The highest BCUT2D eigenvalue weighted by Crippen LogP contribution is 2.24. The summed E-state index contributed by atoms with van der Waals surface area (Å²) in [5.74, 6) is 0.310. The first-order chi connectivity index (χ1) is 12.0. The van der Waals surface area contributed by atoms with E-state index in [0.717, 1.165) is 5.56 Å². The lowest BCUT2D eigenvalue weighted by Gasteiger charge is -2.02. The minimum absolute atomic E-state index is 0.0312. The van der Waals surface area contributed by atoms with E-state index in [1.807, 2.05) is 12.1 Å². The van der Waals surface area contributed by atoms with Gasteiger partial charge in [-0.3, -0.25) is 4.79 Å². The number of hydrogen-bond donors (Lipinski definition) is 2. The van der Waals surface area contributed by atoms with Gasteiger partial charge in [0.05, 0.1) is 11.8 Å². The molecule has 0 aliphatic heterocycles. The molecule has 0 saturated carbocycles. The molecule has 0 radical (unpaired) electrons. The summed E-state index contributed by atoms with van der Waals surface area (Å²) in [5.41, 5.74) is 3.17. The molecule has 0 spiro atoms. The maximum atomic E-state index is 12.0. The number of carbonyl (C=O) groups excluding carboxylic acids is 1. The molecule has 0 bridgehead atoms. The van der Waals surface area contributed by atoms with Gasteiger partial charge in [0.2, 0.25) is 0 Å². The molecular formula is C18H12Cl2N2O3. The van der Waals surface area contributed by atoms with Crippen molar-refractivity contribution in [2.24, 2.45) is 5.10 Å². The van der Waals surface area contributed by atoms with Crippen LogP contribution in [-0.2, 0) is 0 Å². The van der Waals surface area contributed by atoms with Gasteiger partial charge in [0.1, 0.15) is 17.3 Å². The van der Waals surface area contributed by atoms with E-state index in [0.29, 0.717) is 21.6 Å². The number of halogens is 2. The van der Waals surface area contributed by atoms with Crippen molar-refractivity contribution in [1.82, 2.24) is 5.43 Å². The second-order valence-electron chi connectivity index (χ2n) is 5.07. The minimum atomic E-state index is -0.585. The number of amides is 1. The normalized spacial score (nSPS) is 11.0. The van der Waals surface area contributed by atoms with Gasteiger partial charge in [-0.05, 0) is 42.5 Å². The third-order valence-corrected chi connectivity index (χ3v) is 3.77. The largest absolute Gasteiger partial charge is 0.507 e. The lowest BCUT2D eigenvalue weighted by molar-refractivity contribution is 0.0952. The first kappa shape index (κ1) is 17.1. The van der Waals surface area contributed by atoms with Gasteiger partial charge < -0.3 is 9.52 Å². The summed E-state index contributed by atoms with van der Waals surface area (Å²) >= 11 is 11.8. The van der Waals surface area contributed by atoms with E-state index >= 15 is 0 Å². The number of nitrogens with zero attached hydrogens (tertiary/aromatic N) is 1. The van der Waals surface area contributed by atoms with Crippen LogP contribution in [-0.4, -0.2) is 17.2 Å². The van der Waals surface area contributed by atoms with E-state index in [1.165, 1.54) is 24.4 Å². The third-order valence-electron chi connectivity index (χ3n) is 3.30. The number of phenols is 1. The van der Waals surface area contributed by atoms with Crippen molar-refractivity contribution < 1.29 is 14.3 Å². The van der Waals surface area contributed by atoms with Gasteiger partial charge in [-0.2, -0.15) is 5.10 Å². The predicted octanol–water partition coefficient (Wildman–Crippen LogP) is 4.72. The molecule has 0 aliphatic rings. The number of nitrogens with one attached hydrogen (secondary N) is 1. The van der Waals surface area contributed by atoms with Crippen LogP contribution in [0.5, 0.6) is 5.75 Å². The molecule has 25 heavy (non-hydrogen) atoms. The average molecular weight is 375 g/mol. The number of furan rings is 1. The Labute approximate surface area is 153 Å². The first-order valence-corrected chi connectivity index (χ1v) is 7.96. The molecule has 2 N–H and O–H groups in total. The first-order valence-electron chi connectivity index (χ1n) is 7.20. The highest BCUT2D eigenvalue weighted by atomic mass is 35.5. The van der Waals surface area contributed by atoms with Crippen molar-refractivity contribution in [2.75, 3.05) is 0 Å². The van der Waals surface area contributed by atoms with E-state index in [9.17, 15) is 9.90 Å². The number of rotatable bonds is 4. The summed E-state index contributed by atoms with van der Waals surface area (Å²) in [6, 6.07) is 14.9. The molecule has 3 aromatic rings. The van der Waals surface area contributed by atoms with Gasteiger partial charge in [-0.25, -0.2) is 5.43 Å². The van der Waals surface area contributed by atoms with Gasteiger partial charge in [-0.1, -0.05) is 35.3 Å². The van der Waals surface area contributed by atoms with Crippen molar-refractivity contribution >= 4 is 35.3 Å². The summed E-state index contributed by atoms with van der Waals surface area (Å²) in [4.78, 5) is 12.0. The highest BCUT2D eigenvalue weighted by Gasteiger charge is 2.11. The monoisotopic (exact) mass is 374 g/mol. The summed E-state index contributed by atoms with van der Waals surface area (Å²) in [7, 11) is 0. The average Bonchev–Trinajstić information content (AvgIpc) is 3.06. The molecule has 1 aromatic heterocycles. The minimum Gasteiger partial charge on any atom is -0.507 e. The fourth-order valence-electron chi connectivity index (χ4n) is 2.12. The lowest BCUT2D eigenvalue weighted by Crippen LogP contribution is -2.17. The number of benzene rings is 2. The van der Waals surface area contributed by atoms with Gasteiger partial charge >= 0.3 is 0 Å². The zero-order valence-electron chi connectivity index (χ0n) is 12.7. The predicted molar refractivity (Wildman–Crippen MR) is 97.3 cm³/mol. The molecule has 5 nitrogen and oxygen atoms in total. The van der Waals surface area contributed by atoms with Crippen molar-refractivity contribution in [2.45, 2.75) is 0 Å². The molecule has 1 heterocycles. The fraction of sp³-hybridized carbons (Fsp3) is 0. The van der Waals surface area contributed by atoms with Crippen molar-refractivity contribution in [3.05, 3.63) is 76.0 Å². The van der Waals surface area contributed by atoms with Crippen LogP contribution in [0.1, 0.15) is 16.1 Å². The van der Waals surface area contributed by atoms with Gasteiger partial charge in [0, 0.05) is 15.6 Å². The van der Waals surface area contributed by atoms with Crippen LogP contribution in [0.4, 0.5) is 0 Å². The Morgan fingerprint density at radius 1 is 1.08 bits per heavy atom. The lowest BCUT2D eigenvalue weighted by atomic mass is 10.2. The number of hydrazone groups is 1. The number of phenolic OH excluding ortho intramolecular Hbond substituents is 1. The molecule has 1 amide bonds. The quantitative estimate of drug-likeness (QED) is 0.512.